The monoisotopic (exact) mass is 434 g/mol. The molecule has 1 aliphatic heterocycles. The average Bonchev–Trinajstić information content (AvgIpc) is 3.67. The highest BCUT2D eigenvalue weighted by Gasteiger charge is 2.33. The molecule has 1 atom stereocenters. The van der Waals surface area contributed by atoms with Crippen molar-refractivity contribution in [2.24, 2.45) is 0 Å². The minimum absolute atomic E-state index is 0.0194. The Bertz CT molecular complexity index is 1030. The first-order chi connectivity index (χ1) is 15.5. The van der Waals surface area contributed by atoms with Gasteiger partial charge in [-0.25, -0.2) is 4.98 Å². The number of aliphatic hydroxyl groups is 1. The molecule has 2 aliphatic rings. The third kappa shape index (κ3) is 4.62. The summed E-state index contributed by atoms with van der Waals surface area (Å²) in [6.07, 6.45) is 2.59. The maximum Gasteiger partial charge on any atom is 0.225 e. The molecule has 1 saturated heterocycles. The zero-order chi connectivity index (χ0) is 22.7. The number of aliphatic hydroxyl groups excluding tert-OH is 1. The molecule has 1 aliphatic carbocycles. The summed E-state index contributed by atoms with van der Waals surface area (Å²) < 4.78 is 5.05. The van der Waals surface area contributed by atoms with E-state index in [9.17, 15) is 15.2 Å². The second-order valence-corrected chi connectivity index (χ2v) is 8.66. The molecule has 0 spiro atoms. The largest absolute Gasteiger partial charge is 0.392 e. The zero-order valence-electron chi connectivity index (χ0n) is 18.8. The van der Waals surface area contributed by atoms with E-state index in [-0.39, 0.29) is 18.6 Å². The number of amides is 1. The molecule has 2 aromatic rings. The topological polar surface area (TPSA) is 89.7 Å². The molecule has 168 valence electrons. The lowest BCUT2D eigenvalue weighted by molar-refractivity contribution is -0.134. The number of methoxy groups -OCH3 is 1. The van der Waals surface area contributed by atoms with Gasteiger partial charge in [0.05, 0.1) is 30.9 Å². The molecule has 2 fully saturated rings. The fourth-order valence-electron chi connectivity index (χ4n) is 4.43. The Morgan fingerprint density at radius 3 is 2.78 bits per heavy atom. The highest BCUT2D eigenvalue weighted by molar-refractivity contribution is 5.77. The van der Waals surface area contributed by atoms with Crippen LogP contribution in [0.15, 0.2) is 30.3 Å². The standard InChI is InChI=1S/C25H30N4O3/c1-17-15-28(9-10-29(17)23(31)8-11-32-2)25-21(14-26)13-22(24(27-25)19-6-7-19)20-5-3-4-18(12-20)16-30/h3-5,12-13,17,19,30H,6-11,15-16H2,1-2H3/t17-/m1/s1. The Hall–Kier alpha value is -2.95. The van der Waals surface area contributed by atoms with Crippen molar-refractivity contribution in [3.63, 3.8) is 0 Å². The zero-order valence-corrected chi connectivity index (χ0v) is 18.8. The van der Waals surface area contributed by atoms with E-state index in [0.717, 1.165) is 35.2 Å². The number of aromatic nitrogens is 1. The van der Waals surface area contributed by atoms with Crippen LogP contribution in [0.4, 0.5) is 5.82 Å². The molecule has 0 unspecified atom stereocenters. The van der Waals surface area contributed by atoms with E-state index in [1.165, 1.54) is 0 Å². The molecule has 32 heavy (non-hydrogen) atoms. The van der Waals surface area contributed by atoms with E-state index in [4.69, 9.17) is 9.72 Å². The first-order valence-corrected chi connectivity index (χ1v) is 11.2. The Labute approximate surface area is 189 Å². The van der Waals surface area contributed by atoms with Crippen molar-refractivity contribution < 1.29 is 14.6 Å². The summed E-state index contributed by atoms with van der Waals surface area (Å²) in [5.41, 5.74) is 4.38. The lowest BCUT2D eigenvalue weighted by Crippen LogP contribution is -2.54. The molecule has 0 radical (unpaired) electrons. The van der Waals surface area contributed by atoms with E-state index in [2.05, 4.69) is 11.0 Å². The van der Waals surface area contributed by atoms with Gasteiger partial charge in [0.1, 0.15) is 11.9 Å². The molecule has 1 aromatic carbocycles. The Kier molecular flexibility index (Phi) is 6.73. The summed E-state index contributed by atoms with van der Waals surface area (Å²) in [4.78, 5) is 21.6. The minimum atomic E-state index is -0.0194. The molecule has 4 rings (SSSR count). The summed E-state index contributed by atoms with van der Waals surface area (Å²) >= 11 is 0. The number of rotatable bonds is 7. The number of carbonyl (C=O) groups is 1. The fourth-order valence-corrected chi connectivity index (χ4v) is 4.43. The van der Waals surface area contributed by atoms with Crippen molar-refractivity contribution in [1.29, 1.82) is 5.26 Å². The van der Waals surface area contributed by atoms with E-state index < -0.39 is 0 Å². The molecule has 1 aromatic heterocycles. The maximum absolute atomic E-state index is 12.5. The van der Waals surface area contributed by atoms with Gasteiger partial charge >= 0.3 is 0 Å². The Morgan fingerprint density at radius 2 is 2.12 bits per heavy atom. The number of hydrogen-bond acceptors (Lipinski definition) is 6. The number of anilines is 1. The molecular weight excluding hydrogens is 404 g/mol. The van der Waals surface area contributed by atoms with Gasteiger partial charge < -0.3 is 19.6 Å². The van der Waals surface area contributed by atoms with Gasteiger partial charge in [0.25, 0.3) is 0 Å². The third-order valence-corrected chi connectivity index (χ3v) is 6.30. The first-order valence-electron chi connectivity index (χ1n) is 11.2. The summed E-state index contributed by atoms with van der Waals surface area (Å²) in [6, 6.07) is 12.1. The van der Waals surface area contributed by atoms with E-state index in [0.29, 0.717) is 50.0 Å². The SMILES string of the molecule is COCCC(=O)N1CCN(c2nc(C3CC3)c(-c3cccc(CO)c3)cc2C#N)C[C@H]1C. The molecule has 0 bridgehead atoms. The summed E-state index contributed by atoms with van der Waals surface area (Å²) in [6.45, 7) is 4.34. The fraction of sp³-hybridized carbons (Fsp3) is 0.480. The van der Waals surface area contributed by atoms with Crippen molar-refractivity contribution in [2.45, 2.75) is 44.8 Å². The number of hydrogen-bond donors (Lipinski definition) is 1. The number of pyridine rings is 1. The van der Waals surface area contributed by atoms with Crippen LogP contribution in [-0.4, -0.2) is 60.3 Å². The highest BCUT2D eigenvalue weighted by atomic mass is 16.5. The Balaban J connectivity index is 1.63. The van der Waals surface area contributed by atoms with Crippen LogP contribution in [0.5, 0.6) is 0 Å². The van der Waals surface area contributed by atoms with Gasteiger partial charge in [-0.2, -0.15) is 5.26 Å². The van der Waals surface area contributed by atoms with E-state index in [1.54, 1.807) is 7.11 Å². The minimum Gasteiger partial charge on any atom is -0.392 e. The van der Waals surface area contributed by atoms with Crippen molar-refractivity contribution in [3.05, 3.63) is 47.2 Å². The summed E-state index contributed by atoms with van der Waals surface area (Å²) in [5.74, 6) is 1.22. The predicted molar refractivity (Wildman–Crippen MR) is 122 cm³/mol. The van der Waals surface area contributed by atoms with Crippen LogP contribution in [0.2, 0.25) is 0 Å². The van der Waals surface area contributed by atoms with Gasteiger partial charge in [-0.05, 0) is 43.0 Å². The number of benzene rings is 1. The molecule has 1 amide bonds. The second kappa shape index (κ2) is 9.68. The molecule has 7 nitrogen and oxygen atoms in total. The summed E-state index contributed by atoms with van der Waals surface area (Å²) in [7, 11) is 1.60. The van der Waals surface area contributed by atoms with Crippen molar-refractivity contribution in [3.8, 4) is 17.2 Å². The van der Waals surface area contributed by atoms with Crippen LogP contribution >= 0.6 is 0 Å². The van der Waals surface area contributed by atoms with Gasteiger partial charge in [0.15, 0.2) is 0 Å². The smallest absolute Gasteiger partial charge is 0.225 e. The van der Waals surface area contributed by atoms with Crippen molar-refractivity contribution in [2.75, 3.05) is 38.3 Å². The average molecular weight is 435 g/mol. The Morgan fingerprint density at radius 1 is 1.31 bits per heavy atom. The van der Waals surface area contributed by atoms with Gasteiger partial charge in [-0.3, -0.25) is 4.79 Å². The van der Waals surface area contributed by atoms with Gasteiger partial charge in [0, 0.05) is 44.3 Å². The number of ether oxygens (including phenoxy) is 1. The number of nitrogens with zero attached hydrogens (tertiary/aromatic N) is 4. The first kappa shape index (κ1) is 22.3. The molecular formula is C25H30N4O3. The van der Waals surface area contributed by atoms with Gasteiger partial charge in [-0.1, -0.05) is 18.2 Å². The van der Waals surface area contributed by atoms with Crippen LogP contribution in [0.25, 0.3) is 11.1 Å². The van der Waals surface area contributed by atoms with Crippen LogP contribution in [0, 0.1) is 11.3 Å². The second-order valence-electron chi connectivity index (χ2n) is 8.66. The van der Waals surface area contributed by atoms with E-state index in [1.807, 2.05) is 42.2 Å². The molecule has 1 N–H and O–H groups in total. The van der Waals surface area contributed by atoms with E-state index >= 15 is 0 Å². The lowest BCUT2D eigenvalue weighted by Gasteiger charge is -2.41. The summed E-state index contributed by atoms with van der Waals surface area (Å²) in [5, 5.41) is 19.5. The molecule has 1 saturated carbocycles. The maximum atomic E-state index is 12.5. The van der Waals surface area contributed by atoms with Crippen LogP contribution < -0.4 is 4.90 Å². The quantitative estimate of drug-likeness (QED) is 0.720. The lowest BCUT2D eigenvalue weighted by atomic mass is 9.97. The number of piperazine rings is 1. The third-order valence-electron chi connectivity index (χ3n) is 6.30. The van der Waals surface area contributed by atoms with Crippen molar-refractivity contribution in [1.82, 2.24) is 9.88 Å². The highest BCUT2D eigenvalue weighted by Crippen LogP contribution is 2.45. The molecule has 2 heterocycles. The van der Waals surface area contributed by atoms with Crippen LogP contribution in [0.1, 0.15) is 48.9 Å². The van der Waals surface area contributed by atoms with Crippen LogP contribution in [0.3, 0.4) is 0 Å². The predicted octanol–water partition coefficient (Wildman–Crippen LogP) is 3.06. The van der Waals surface area contributed by atoms with Crippen molar-refractivity contribution >= 4 is 11.7 Å². The number of nitriles is 1. The van der Waals surface area contributed by atoms with Crippen LogP contribution in [-0.2, 0) is 16.1 Å². The van der Waals surface area contributed by atoms with Gasteiger partial charge in [-0.15, -0.1) is 0 Å². The van der Waals surface area contributed by atoms with Gasteiger partial charge in [0.2, 0.25) is 5.91 Å². The molecule has 7 heteroatoms. The number of carbonyl (C=O) groups excluding carboxylic acids is 1. The normalized spacial score (nSPS) is 18.5.